The maximum absolute atomic E-state index is 12.0. The first-order valence-corrected chi connectivity index (χ1v) is 5.95. The summed E-state index contributed by atoms with van der Waals surface area (Å²) < 4.78 is 7.93. The first-order valence-electron chi connectivity index (χ1n) is 6.53. The average molecular weight is 217 g/mol. The van der Waals surface area contributed by atoms with E-state index in [4.69, 9.17) is 1.37 Å². The standard InChI is InChI=1S/C15H20O/c1-15(2,3)14(16)10-11-7-8-12-5-4-6-13(12)9-11/h7-9H,4-6,10H2,1-3H3/i6D. The SMILES string of the molecule is [2H]C1CCc2ccc(CC(=O)C(C)(C)C)cc21. The number of fused-ring (bicyclic) bond motifs is 1. The molecule has 0 fully saturated rings. The van der Waals surface area contributed by atoms with Gasteiger partial charge in [0.15, 0.2) is 0 Å². The Morgan fingerprint density at radius 3 is 2.81 bits per heavy atom. The normalized spacial score (nSPS) is 20.4. The van der Waals surface area contributed by atoms with E-state index in [-0.39, 0.29) is 17.6 Å². The lowest BCUT2D eigenvalue weighted by atomic mass is 9.87. The Labute approximate surface area is 99.3 Å². The van der Waals surface area contributed by atoms with Gasteiger partial charge in [0.25, 0.3) is 0 Å². The number of hydrogen-bond acceptors (Lipinski definition) is 1. The zero-order chi connectivity index (χ0) is 12.6. The van der Waals surface area contributed by atoms with E-state index in [1.54, 1.807) is 0 Å². The highest BCUT2D eigenvalue weighted by atomic mass is 16.1. The van der Waals surface area contributed by atoms with Gasteiger partial charge in [-0.25, -0.2) is 0 Å². The molecular formula is C15H20O. The Bertz CT molecular complexity index is 443. The van der Waals surface area contributed by atoms with Crippen molar-refractivity contribution in [3.8, 4) is 0 Å². The molecule has 0 N–H and O–H groups in total. The van der Waals surface area contributed by atoms with E-state index in [0.717, 1.165) is 24.0 Å². The molecule has 2 rings (SSSR count). The van der Waals surface area contributed by atoms with Crippen molar-refractivity contribution in [2.75, 3.05) is 0 Å². The number of carbonyl (C=O) groups excluding carboxylic acids is 1. The topological polar surface area (TPSA) is 17.1 Å². The predicted molar refractivity (Wildman–Crippen MR) is 66.6 cm³/mol. The van der Waals surface area contributed by atoms with Crippen LogP contribution >= 0.6 is 0 Å². The third-order valence-electron chi connectivity index (χ3n) is 3.19. The minimum absolute atomic E-state index is 0.0883. The van der Waals surface area contributed by atoms with Crippen molar-refractivity contribution in [1.82, 2.24) is 0 Å². The Balaban J connectivity index is 2.19. The van der Waals surface area contributed by atoms with Crippen LogP contribution < -0.4 is 0 Å². The first kappa shape index (κ1) is 10.1. The molecule has 0 aromatic heterocycles. The van der Waals surface area contributed by atoms with E-state index in [9.17, 15) is 4.79 Å². The van der Waals surface area contributed by atoms with Gasteiger partial charge in [0, 0.05) is 13.2 Å². The van der Waals surface area contributed by atoms with Crippen LogP contribution in [0.1, 0.15) is 45.3 Å². The van der Waals surface area contributed by atoms with Gasteiger partial charge in [-0.3, -0.25) is 4.79 Å². The van der Waals surface area contributed by atoms with E-state index in [2.05, 4.69) is 12.1 Å². The monoisotopic (exact) mass is 217 g/mol. The van der Waals surface area contributed by atoms with E-state index >= 15 is 0 Å². The van der Waals surface area contributed by atoms with Gasteiger partial charge in [-0.15, -0.1) is 0 Å². The summed E-state index contributed by atoms with van der Waals surface area (Å²) in [7, 11) is 0. The van der Waals surface area contributed by atoms with Crippen molar-refractivity contribution in [2.45, 2.75) is 46.4 Å². The number of ketones is 1. The van der Waals surface area contributed by atoms with Crippen LogP contribution in [-0.2, 0) is 24.0 Å². The molecule has 1 aromatic carbocycles. The fourth-order valence-electron chi connectivity index (χ4n) is 2.01. The quantitative estimate of drug-likeness (QED) is 0.742. The Morgan fingerprint density at radius 1 is 1.38 bits per heavy atom. The predicted octanol–water partition coefficient (Wildman–Crippen LogP) is 3.33. The molecule has 1 atom stereocenters. The Kier molecular flexibility index (Phi) is 2.55. The molecule has 86 valence electrons. The van der Waals surface area contributed by atoms with E-state index in [1.807, 2.05) is 26.8 Å². The van der Waals surface area contributed by atoms with Gasteiger partial charge in [0.1, 0.15) is 5.78 Å². The molecule has 0 saturated heterocycles. The number of carbonyl (C=O) groups is 1. The average Bonchev–Trinajstić information content (AvgIpc) is 2.59. The highest BCUT2D eigenvalue weighted by Gasteiger charge is 2.21. The van der Waals surface area contributed by atoms with Crippen molar-refractivity contribution >= 4 is 5.78 Å². The zero-order valence-corrected chi connectivity index (χ0v) is 10.3. The van der Waals surface area contributed by atoms with Gasteiger partial charge >= 0.3 is 0 Å². The fraction of sp³-hybridized carbons (Fsp3) is 0.533. The zero-order valence-electron chi connectivity index (χ0n) is 11.3. The van der Waals surface area contributed by atoms with Crippen LogP contribution in [0.25, 0.3) is 0 Å². The molecule has 0 amide bonds. The second-order valence-electron chi connectivity index (χ2n) is 5.63. The summed E-state index contributed by atoms with van der Waals surface area (Å²) in [6.07, 6.45) is 2.33. The number of aryl methyl sites for hydroxylation is 2. The second-order valence-corrected chi connectivity index (χ2v) is 5.63. The van der Waals surface area contributed by atoms with Crippen molar-refractivity contribution in [3.63, 3.8) is 0 Å². The van der Waals surface area contributed by atoms with Gasteiger partial charge in [-0.1, -0.05) is 39.0 Å². The van der Waals surface area contributed by atoms with Crippen molar-refractivity contribution < 1.29 is 6.17 Å². The summed E-state index contributed by atoms with van der Waals surface area (Å²) >= 11 is 0. The largest absolute Gasteiger partial charge is 0.299 e. The number of Topliss-reactive ketones (excluding diaryl/α,β-unsaturated/α-hetero) is 1. The van der Waals surface area contributed by atoms with Crippen LogP contribution in [0.15, 0.2) is 18.2 Å². The molecule has 1 aliphatic rings. The Hall–Kier alpha value is -1.11. The Morgan fingerprint density at radius 2 is 2.12 bits per heavy atom. The molecule has 1 nitrogen and oxygen atoms in total. The lowest BCUT2D eigenvalue weighted by Gasteiger charge is -2.16. The van der Waals surface area contributed by atoms with Gasteiger partial charge in [0.2, 0.25) is 0 Å². The van der Waals surface area contributed by atoms with Gasteiger partial charge < -0.3 is 0 Å². The van der Waals surface area contributed by atoms with Crippen LogP contribution in [-0.4, -0.2) is 5.78 Å². The van der Waals surface area contributed by atoms with Crippen LogP contribution in [0, 0.1) is 5.41 Å². The van der Waals surface area contributed by atoms with Crippen LogP contribution in [0.4, 0.5) is 0 Å². The minimum Gasteiger partial charge on any atom is -0.299 e. The molecule has 0 saturated carbocycles. The van der Waals surface area contributed by atoms with E-state index in [1.165, 1.54) is 5.56 Å². The molecule has 0 spiro atoms. The minimum atomic E-state index is -0.278. The van der Waals surface area contributed by atoms with Crippen molar-refractivity contribution in [1.29, 1.82) is 0 Å². The third kappa shape index (κ3) is 2.34. The maximum atomic E-state index is 12.0. The molecular weight excluding hydrogens is 196 g/mol. The molecule has 1 aromatic rings. The van der Waals surface area contributed by atoms with Gasteiger partial charge in [-0.2, -0.15) is 0 Å². The summed E-state index contributed by atoms with van der Waals surface area (Å²) in [5.41, 5.74) is 3.20. The van der Waals surface area contributed by atoms with E-state index in [0.29, 0.717) is 6.42 Å². The molecule has 0 aliphatic heterocycles. The fourth-order valence-corrected chi connectivity index (χ4v) is 2.01. The second kappa shape index (κ2) is 4.04. The molecule has 16 heavy (non-hydrogen) atoms. The smallest absolute Gasteiger partial charge is 0.142 e. The third-order valence-corrected chi connectivity index (χ3v) is 3.19. The molecule has 1 aliphatic carbocycles. The van der Waals surface area contributed by atoms with Crippen LogP contribution in [0.2, 0.25) is 0 Å². The highest BCUT2D eigenvalue weighted by Crippen LogP contribution is 2.24. The molecule has 0 radical (unpaired) electrons. The highest BCUT2D eigenvalue weighted by molar-refractivity contribution is 5.85. The number of rotatable bonds is 2. The van der Waals surface area contributed by atoms with Crippen molar-refractivity contribution in [2.24, 2.45) is 5.41 Å². The molecule has 0 heterocycles. The molecule has 0 bridgehead atoms. The van der Waals surface area contributed by atoms with Gasteiger partial charge in [-0.05, 0) is 35.9 Å². The lowest BCUT2D eigenvalue weighted by Crippen LogP contribution is -2.22. The summed E-state index contributed by atoms with van der Waals surface area (Å²) in [5.74, 6) is 0.261. The summed E-state index contributed by atoms with van der Waals surface area (Å²) in [5, 5.41) is 0. The summed E-state index contributed by atoms with van der Waals surface area (Å²) in [4.78, 5) is 12.0. The number of benzene rings is 1. The first-order chi connectivity index (χ1) is 7.88. The van der Waals surface area contributed by atoms with Crippen LogP contribution in [0.5, 0.6) is 0 Å². The lowest BCUT2D eigenvalue weighted by molar-refractivity contribution is -0.125. The summed E-state index contributed by atoms with van der Waals surface area (Å²) in [6.45, 7) is 5.86. The maximum Gasteiger partial charge on any atom is 0.142 e. The molecule has 1 unspecified atom stereocenters. The number of hydrogen-bond donors (Lipinski definition) is 0. The van der Waals surface area contributed by atoms with Crippen LogP contribution in [0.3, 0.4) is 0 Å². The van der Waals surface area contributed by atoms with E-state index < -0.39 is 0 Å². The van der Waals surface area contributed by atoms with Crippen molar-refractivity contribution in [3.05, 3.63) is 34.9 Å². The summed E-state index contributed by atoms with van der Waals surface area (Å²) in [6, 6.07) is 6.19. The van der Waals surface area contributed by atoms with Gasteiger partial charge in [0.05, 0.1) is 0 Å². The molecule has 1 heteroatoms.